The van der Waals surface area contributed by atoms with Crippen LogP contribution in [0.2, 0.25) is 5.28 Å². The van der Waals surface area contributed by atoms with Crippen LogP contribution in [0.5, 0.6) is 0 Å². The number of halogens is 1. The van der Waals surface area contributed by atoms with Gasteiger partial charge in [-0.1, -0.05) is 44.2 Å². The Hall–Kier alpha value is -2.15. The van der Waals surface area contributed by atoms with Gasteiger partial charge in [-0.05, 0) is 50.8 Å². The number of benzene rings is 1. The van der Waals surface area contributed by atoms with E-state index >= 15 is 0 Å². The molecule has 14 heteroatoms. The van der Waals surface area contributed by atoms with E-state index in [0.29, 0.717) is 17.0 Å². The van der Waals surface area contributed by atoms with Crippen LogP contribution in [-0.2, 0) is 23.5 Å². The summed E-state index contributed by atoms with van der Waals surface area (Å²) in [5.74, 6) is -0.437. The Morgan fingerprint density at radius 1 is 1.18 bits per heavy atom. The second kappa shape index (κ2) is 10.9. The molecule has 0 unspecified atom stereocenters. The van der Waals surface area contributed by atoms with E-state index in [2.05, 4.69) is 20.3 Å². The van der Waals surface area contributed by atoms with Crippen LogP contribution in [0.15, 0.2) is 36.7 Å². The summed E-state index contributed by atoms with van der Waals surface area (Å²) in [6.07, 6.45) is -0.657. The maximum absolute atomic E-state index is 12.3. The van der Waals surface area contributed by atoms with Gasteiger partial charge in [0.2, 0.25) is 5.28 Å². The first-order valence-electron chi connectivity index (χ1n) is 13.3. The van der Waals surface area contributed by atoms with Gasteiger partial charge in [0.15, 0.2) is 34.3 Å². The summed E-state index contributed by atoms with van der Waals surface area (Å²) in [5, 5.41) is 1.80. The highest BCUT2D eigenvalue weighted by Crippen LogP contribution is 2.55. The molecule has 3 N–H and O–H groups in total. The molecule has 3 aromatic rings. The third-order valence-electron chi connectivity index (χ3n) is 7.60. The quantitative estimate of drug-likeness (QED) is 0.219. The SMILES string of the molecule is CCC(CC)(OC[C@H]1O[C@@H](n2cnc3c(N[C@@H](C)c4ccccc4)nc(Cl)nc32)[C@@H]2OC(C)(C)O[C@@H]21)P(=O)(O)O. The molecule has 0 radical (unpaired) electrons. The molecule has 0 saturated carbocycles. The molecule has 2 saturated heterocycles. The molecule has 0 spiro atoms. The summed E-state index contributed by atoms with van der Waals surface area (Å²) in [4.78, 5) is 33.5. The molecule has 1 aromatic carbocycles. The van der Waals surface area contributed by atoms with Crippen molar-refractivity contribution in [2.24, 2.45) is 0 Å². The molecule has 2 fully saturated rings. The molecular formula is C26H35ClN5O7P. The third kappa shape index (κ3) is 5.39. The molecule has 0 bridgehead atoms. The monoisotopic (exact) mass is 595 g/mol. The average Bonchev–Trinajstić information content (AvgIpc) is 3.55. The van der Waals surface area contributed by atoms with E-state index in [-0.39, 0.29) is 30.8 Å². The minimum atomic E-state index is -4.56. The zero-order valence-electron chi connectivity index (χ0n) is 23.0. The zero-order chi connectivity index (χ0) is 28.9. The Balaban J connectivity index is 1.45. The molecule has 5 rings (SSSR count). The zero-order valence-corrected chi connectivity index (χ0v) is 24.7. The van der Waals surface area contributed by atoms with Crippen LogP contribution < -0.4 is 5.32 Å². The number of hydrogen-bond donors (Lipinski definition) is 3. The lowest BCUT2D eigenvalue weighted by Gasteiger charge is -2.34. The Labute approximate surface area is 237 Å². The summed E-state index contributed by atoms with van der Waals surface area (Å²) < 4.78 is 38.7. The van der Waals surface area contributed by atoms with Crippen LogP contribution in [0.4, 0.5) is 5.82 Å². The summed E-state index contributed by atoms with van der Waals surface area (Å²) in [6, 6.07) is 9.85. The Bertz CT molecular complexity index is 1400. The fourth-order valence-corrected chi connectivity index (χ4v) is 6.64. The van der Waals surface area contributed by atoms with Crippen LogP contribution in [0.3, 0.4) is 0 Å². The van der Waals surface area contributed by atoms with Gasteiger partial charge in [-0.3, -0.25) is 9.13 Å². The first kappa shape index (κ1) is 29.3. The number of nitrogens with zero attached hydrogens (tertiary/aromatic N) is 4. The molecule has 2 aliphatic rings. The van der Waals surface area contributed by atoms with Gasteiger partial charge >= 0.3 is 7.60 Å². The first-order chi connectivity index (χ1) is 18.9. The summed E-state index contributed by atoms with van der Waals surface area (Å²) in [6.45, 7) is 8.89. The highest BCUT2D eigenvalue weighted by molar-refractivity contribution is 7.53. The number of fused-ring (bicyclic) bond motifs is 2. The second-order valence-electron chi connectivity index (χ2n) is 10.6. The van der Waals surface area contributed by atoms with Crippen LogP contribution in [0.1, 0.15) is 65.3 Å². The lowest BCUT2D eigenvalue weighted by atomic mass is 10.1. The molecule has 2 aromatic heterocycles. The predicted molar refractivity (Wildman–Crippen MR) is 148 cm³/mol. The minimum absolute atomic E-state index is 0.0349. The van der Waals surface area contributed by atoms with Gasteiger partial charge in [0.05, 0.1) is 19.0 Å². The van der Waals surface area contributed by atoms with Crippen molar-refractivity contribution in [3.63, 3.8) is 0 Å². The van der Waals surface area contributed by atoms with Crippen LogP contribution >= 0.6 is 19.2 Å². The van der Waals surface area contributed by atoms with E-state index in [9.17, 15) is 14.4 Å². The van der Waals surface area contributed by atoms with Crippen molar-refractivity contribution in [1.82, 2.24) is 19.5 Å². The number of rotatable bonds is 10. The van der Waals surface area contributed by atoms with Crippen LogP contribution in [0, 0.1) is 0 Å². The summed E-state index contributed by atoms with van der Waals surface area (Å²) in [7, 11) is -4.56. The van der Waals surface area contributed by atoms with E-state index in [1.165, 1.54) is 0 Å². The molecule has 12 nitrogen and oxygen atoms in total. The molecule has 4 heterocycles. The standard InChI is InChI=1S/C26H35ClN5O7P/c1-6-26(7-2,40(33,34)35)36-13-17-19-20(39-25(4,5)38-19)23(37-17)32-14-28-18-21(30-24(27)31-22(18)32)29-15(3)16-11-9-8-10-12-16/h8-12,14-15,17,19-20,23H,6-7,13H2,1-5H3,(H,29,30,31)(H2,33,34,35)/t15-,17+,19+,20+,23+/m0/s1. The summed E-state index contributed by atoms with van der Waals surface area (Å²) in [5.41, 5.74) is 2.01. The molecular weight excluding hydrogens is 561 g/mol. The van der Waals surface area contributed by atoms with Crippen molar-refractivity contribution in [2.75, 3.05) is 11.9 Å². The maximum atomic E-state index is 12.3. The Morgan fingerprint density at radius 2 is 1.85 bits per heavy atom. The van der Waals surface area contributed by atoms with Crippen molar-refractivity contribution in [3.8, 4) is 0 Å². The van der Waals surface area contributed by atoms with E-state index in [0.717, 1.165) is 5.56 Å². The highest BCUT2D eigenvalue weighted by atomic mass is 35.5. The Kier molecular flexibility index (Phi) is 8.01. The highest BCUT2D eigenvalue weighted by Gasteiger charge is 2.57. The maximum Gasteiger partial charge on any atom is 0.357 e. The van der Waals surface area contributed by atoms with Crippen LogP contribution in [-0.4, -0.2) is 65.4 Å². The van der Waals surface area contributed by atoms with Gasteiger partial charge in [-0.25, -0.2) is 4.98 Å². The molecule has 0 aliphatic carbocycles. The molecule has 40 heavy (non-hydrogen) atoms. The first-order valence-corrected chi connectivity index (χ1v) is 15.3. The Morgan fingerprint density at radius 3 is 2.50 bits per heavy atom. The molecule has 5 atom stereocenters. The van der Waals surface area contributed by atoms with Crippen molar-refractivity contribution >= 4 is 36.2 Å². The molecule has 0 amide bonds. The average molecular weight is 596 g/mol. The predicted octanol–water partition coefficient (Wildman–Crippen LogP) is 4.78. The number of aromatic nitrogens is 4. The lowest BCUT2D eigenvalue weighted by molar-refractivity contribution is -0.205. The fourth-order valence-electron chi connectivity index (χ4n) is 5.41. The molecule has 218 valence electrons. The van der Waals surface area contributed by atoms with Gasteiger partial charge in [0, 0.05) is 0 Å². The van der Waals surface area contributed by atoms with Crippen molar-refractivity contribution in [3.05, 3.63) is 47.5 Å². The van der Waals surface area contributed by atoms with E-state index in [1.54, 1.807) is 38.6 Å². The van der Waals surface area contributed by atoms with Gasteiger partial charge in [0.25, 0.3) is 0 Å². The van der Waals surface area contributed by atoms with Crippen molar-refractivity contribution < 1.29 is 33.3 Å². The number of nitrogens with one attached hydrogen (secondary N) is 1. The van der Waals surface area contributed by atoms with E-state index in [1.807, 2.05) is 37.3 Å². The number of imidazole rings is 1. The van der Waals surface area contributed by atoms with Gasteiger partial charge in [-0.2, -0.15) is 9.97 Å². The van der Waals surface area contributed by atoms with Gasteiger partial charge in [-0.15, -0.1) is 0 Å². The van der Waals surface area contributed by atoms with Gasteiger partial charge < -0.3 is 34.1 Å². The largest absolute Gasteiger partial charge is 0.362 e. The smallest absolute Gasteiger partial charge is 0.357 e. The minimum Gasteiger partial charge on any atom is -0.362 e. The van der Waals surface area contributed by atoms with E-state index in [4.69, 9.17) is 30.5 Å². The summed E-state index contributed by atoms with van der Waals surface area (Å²) >= 11 is 6.35. The van der Waals surface area contributed by atoms with Crippen molar-refractivity contribution in [1.29, 1.82) is 0 Å². The fraction of sp³-hybridized carbons (Fsp3) is 0.577. The number of anilines is 1. The number of hydrogen-bond acceptors (Lipinski definition) is 9. The molecule has 2 aliphatic heterocycles. The van der Waals surface area contributed by atoms with E-state index < -0.39 is 43.3 Å². The number of ether oxygens (including phenoxy) is 4. The lowest BCUT2D eigenvalue weighted by Crippen LogP contribution is -2.39. The van der Waals surface area contributed by atoms with Crippen LogP contribution in [0.25, 0.3) is 11.2 Å². The van der Waals surface area contributed by atoms with Gasteiger partial charge in [0.1, 0.15) is 18.3 Å². The second-order valence-corrected chi connectivity index (χ2v) is 12.8. The third-order valence-corrected chi connectivity index (χ3v) is 9.59. The topological polar surface area (TPSA) is 150 Å². The normalized spacial score (nSPS) is 25.3. The van der Waals surface area contributed by atoms with Crippen molar-refractivity contribution in [2.45, 2.75) is 89.2 Å².